The molecule has 1 fully saturated rings. The smallest absolute Gasteiger partial charge is 0.252 e. The Bertz CT molecular complexity index is 1700. The van der Waals surface area contributed by atoms with Gasteiger partial charge >= 0.3 is 0 Å². The van der Waals surface area contributed by atoms with E-state index < -0.39 is 5.60 Å². The van der Waals surface area contributed by atoms with Crippen molar-refractivity contribution in [3.63, 3.8) is 0 Å². The summed E-state index contributed by atoms with van der Waals surface area (Å²) in [5.41, 5.74) is 4.18. The standard InChI is InChI=1S/C30H34N10O2/c1-18-14-26(38-36-18)34-25-15-21-6-5-13-31-27(21)28(35-25)20-9-11-30(42-4,12-10-20)29(41)33-19(2)22-7-8-23(32-16-22)24-17-40(3)39-37-24/h5-8,13-17,19-20H,9-12H2,1-4H3,(H,33,41)(H2,34,35,36,38)/t19-,20-,30+/m0/s1. The summed E-state index contributed by atoms with van der Waals surface area (Å²) >= 11 is 0. The summed E-state index contributed by atoms with van der Waals surface area (Å²) in [6.07, 6.45) is 8.00. The van der Waals surface area contributed by atoms with E-state index in [0.29, 0.717) is 30.2 Å². The highest BCUT2D eigenvalue weighted by Crippen LogP contribution is 2.42. The van der Waals surface area contributed by atoms with Gasteiger partial charge in [-0.15, -0.1) is 5.10 Å². The number of carbonyl (C=O) groups excluding carboxylic acids is 1. The van der Waals surface area contributed by atoms with Crippen LogP contribution in [0.2, 0.25) is 0 Å². The summed E-state index contributed by atoms with van der Waals surface area (Å²) in [5, 5.41) is 22.8. The minimum Gasteiger partial charge on any atom is -0.368 e. The van der Waals surface area contributed by atoms with E-state index in [2.05, 4.69) is 41.1 Å². The number of hydrogen-bond donors (Lipinski definition) is 3. The topological polar surface area (TPSA) is 148 Å². The van der Waals surface area contributed by atoms with E-state index in [4.69, 9.17) is 9.72 Å². The van der Waals surface area contributed by atoms with E-state index in [9.17, 15) is 4.79 Å². The number of aromatic amines is 1. The Kier molecular flexibility index (Phi) is 7.38. The van der Waals surface area contributed by atoms with Crippen LogP contribution in [0.15, 0.2) is 55.0 Å². The molecule has 1 aliphatic rings. The van der Waals surface area contributed by atoms with Crippen LogP contribution in [0.1, 0.15) is 61.5 Å². The van der Waals surface area contributed by atoms with Crippen molar-refractivity contribution in [1.29, 1.82) is 0 Å². The van der Waals surface area contributed by atoms with Crippen LogP contribution in [0, 0.1) is 6.92 Å². The third-order valence-corrected chi connectivity index (χ3v) is 8.06. The van der Waals surface area contributed by atoms with Crippen molar-refractivity contribution in [1.82, 2.24) is 45.5 Å². The highest BCUT2D eigenvalue weighted by molar-refractivity contribution is 5.86. The van der Waals surface area contributed by atoms with E-state index in [0.717, 1.165) is 46.4 Å². The summed E-state index contributed by atoms with van der Waals surface area (Å²) < 4.78 is 7.56. The Morgan fingerprint density at radius 1 is 1.14 bits per heavy atom. The van der Waals surface area contributed by atoms with Gasteiger partial charge in [-0.3, -0.25) is 24.5 Å². The monoisotopic (exact) mass is 566 g/mol. The lowest BCUT2D eigenvalue weighted by Crippen LogP contribution is -2.50. The Labute approximate surface area is 243 Å². The highest BCUT2D eigenvalue weighted by Gasteiger charge is 2.43. The number of anilines is 2. The molecule has 6 rings (SSSR count). The first-order valence-corrected chi connectivity index (χ1v) is 14.1. The van der Waals surface area contributed by atoms with Crippen LogP contribution in [0.4, 0.5) is 11.6 Å². The molecule has 3 N–H and O–H groups in total. The Hall–Kier alpha value is -4.71. The summed E-state index contributed by atoms with van der Waals surface area (Å²) in [5.74, 6) is 1.44. The van der Waals surface area contributed by atoms with Gasteiger partial charge in [-0.2, -0.15) is 5.10 Å². The molecule has 216 valence electrons. The Balaban J connectivity index is 1.16. The van der Waals surface area contributed by atoms with Crippen LogP contribution < -0.4 is 10.6 Å². The van der Waals surface area contributed by atoms with Gasteiger partial charge in [0.2, 0.25) is 0 Å². The SMILES string of the molecule is CO[C@]1(C(=O)N[C@@H](C)c2ccc(-c3cn(C)nn3)nc2)CC[C@H](c2nc(Nc3cc(C)[nH]n3)cc3cccnc32)CC1. The number of nitrogens with one attached hydrogen (secondary N) is 3. The third-order valence-electron chi connectivity index (χ3n) is 8.06. The van der Waals surface area contributed by atoms with E-state index in [-0.39, 0.29) is 17.9 Å². The second-order valence-electron chi connectivity index (χ2n) is 11.0. The zero-order valence-electron chi connectivity index (χ0n) is 24.1. The number of hydrogen-bond acceptors (Lipinski definition) is 9. The number of methoxy groups -OCH3 is 1. The van der Waals surface area contributed by atoms with Crippen molar-refractivity contribution in [2.24, 2.45) is 7.05 Å². The van der Waals surface area contributed by atoms with Crippen molar-refractivity contribution in [2.75, 3.05) is 12.4 Å². The van der Waals surface area contributed by atoms with Gasteiger partial charge in [0.05, 0.1) is 29.1 Å². The van der Waals surface area contributed by atoms with Gasteiger partial charge in [0.25, 0.3) is 5.91 Å². The normalized spacial score (nSPS) is 19.5. The number of nitrogens with zero attached hydrogens (tertiary/aromatic N) is 7. The fourth-order valence-electron chi connectivity index (χ4n) is 5.64. The molecule has 42 heavy (non-hydrogen) atoms. The second-order valence-corrected chi connectivity index (χ2v) is 11.0. The minimum atomic E-state index is -0.913. The van der Waals surface area contributed by atoms with Gasteiger partial charge < -0.3 is 15.4 Å². The van der Waals surface area contributed by atoms with E-state index >= 15 is 0 Å². The molecule has 5 aromatic heterocycles. The molecule has 0 bridgehead atoms. The number of amides is 1. The minimum absolute atomic E-state index is 0.116. The lowest BCUT2D eigenvalue weighted by molar-refractivity contribution is -0.148. The molecule has 0 spiro atoms. The summed E-state index contributed by atoms with van der Waals surface area (Å²) in [6, 6.07) is 11.5. The average Bonchev–Trinajstić information content (AvgIpc) is 3.64. The predicted octanol–water partition coefficient (Wildman–Crippen LogP) is 4.52. The van der Waals surface area contributed by atoms with Crippen molar-refractivity contribution in [3.05, 3.63) is 71.9 Å². The van der Waals surface area contributed by atoms with Crippen LogP contribution in [-0.4, -0.2) is 58.8 Å². The lowest BCUT2D eigenvalue weighted by Gasteiger charge is -2.38. The molecule has 1 amide bonds. The summed E-state index contributed by atoms with van der Waals surface area (Å²) in [7, 11) is 3.43. The van der Waals surface area contributed by atoms with Crippen LogP contribution in [0.25, 0.3) is 22.3 Å². The molecular weight excluding hydrogens is 532 g/mol. The van der Waals surface area contributed by atoms with Crippen molar-refractivity contribution >= 4 is 28.4 Å². The number of rotatable bonds is 8. The molecule has 12 nitrogen and oxygen atoms in total. The number of H-pyrrole nitrogens is 1. The third kappa shape index (κ3) is 5.45. The lowest BCUT2D eigenvalue weighted by atomic mass is 9.76. The van der Waals surface area contributed by atoms with Crippen LogP contribution in [-0.2, 0) is 16.6 Å². The zero-order valence-corrected chi connectivity index (χ0v) is 24.1. The Morgan fingerprint density at radius 2 is 1.98 bits per heavy atom. The molecule has 5 aromatic rings. The van der Waals surface area contributed by atoms with E-state index in [1.54, 1.807) is 24.2 Å². The van der Waals surface area contributed by atoms with Crippen LogP contribution in [0.3, 0.4) is 0 Å². The van der Waals surface area contributed by atoms with E-state index in [1.807, 2.05) is 63.5 Å². The maximum Gasteiger partial charge on any atom is 0.252 e. The largest absolute Gasteiger partial charge is 0.368 e. The number of pyridine rings is 3. The molecule has 12 heteroatoms. The van der Waals surface area contributed by atoms with Crippen molar-refractivity contribution in [2.45, 2.75) is 57.1 Å². The van der Waals surface area contributed by atoms with Gasteiger partial charge in [-0.05, 0) is 63.3 Å². The van der Waals surface area contributed by atoms with Gasteiger partial charge in [-0.1, -0.05) is 17.3 Å². The fourth-order valence-corrected chi connectivity index (χ4v) is 5.64. The van der Waals surface area contributed by atoms with Crippen molar-refractivity contribution in [3.8, 4) is 11.4 Å². The number of ether oxygens (including phenoxy) is 1. The highest BCUT2D eigenvalue weighted by atomic mass is 16.5. The second kappa shape index (κ2) is 11.3. The quantitative estimate of drug-likeness (QED) is 0.247. The van der Waals surface area contributed by atoms with Crippen molar-refractivity contribution < 1.29 is 9.53 Å². The van der Waals surface area contributed by atoms with Crippen LogP contribution in [0.5, 0.6) is 0 Å². The summed E-state index contributed by atoms with van der Waals surface area (Å²) in [6.45, 7) is 3.91. The molecule has 0 saturated heterocycles. The first-order chi connectivity index (χ1) is 20.3. The molecule has 0 radical (unpaired) electrons. The molecule has 0 aromatic carbocycles. The zero-order chi connectivity index (χ0) is 29.3. The maximum absolute atomic E-state index is 13.6. The Morgan fingerprint density at radius 3 is 2.64 bits per heavy atom. The molecule has 1 saturated carbocycles. The predicted molar refractivity (Wildman–Crippen MR) is 158 cm³/mol. The fraction of sp³-hybridized carbons (Fsp3) is 0.367. The molecule has 1 aliphatic carbocycles. The van der Waals surface area contributed by atoms with E-state index in [1.165, 1.54) is 0 Å². The number of aromatic nitrogens is 8. The van der Waals surface area contributed by atoms with Gasteiger partial charge in [0.1, 0.15) is 17.1 Å². The average molecular weight is 567 g/mol. The summed E-state index contributed by atoms with van der Waals surface area (Å²) in [4.78, 5) is 27.8. The first-order valence-electron chi connectivity index (χ1n) is 14.1. The van der Waals surface area contributed by atoms with Gasteiger partial charge in [-0.25, -0.2) is 4.98 Å². The molecule has 5 heterocycles. The first kappa shape index (κ1) is 27.5. The molecule has 0 aliphatic heterocycles. The van der Waals surface area contributed by atoms with Crippen LogP contribution >= 0.6 is 0 Å². The van der Waals surface area contributed by atoms with Gasteiger partial charge in [0, 0.05) is 49.6 Å². The molecule has 0 unspecified atom stereocenters. The van der Waals surface area contributed by atoms with Gasteiger partial charge in [0.15, 0.2) is 5.82 Å². The number of carbonyl (C=O) groups is 1. The molecule has 1 atom stereocenters. The molecular formula is C30H34N10O2. The number of fused-ring (bicyclic) bond motifs is 1. The number of aryl methyl sites for hydroxylation is 2. The maximum atomic E-state index is 13.6.